The van der Waals surface area contributed by atoms with Crippen molar-refractivity contribution in [1.82, 2.24) is 0 Å². The van der Waals surface area contributed by atoms with Gasteiger partial charge in [-0.05, 0) is 42.3 Å². The van der Waals surface area contributed by atoms with Gasteiger partial charge in [0.25, 0.3) is 0 Å². The van der Waals surface area contributed by atoms with Gasteiger partial charge in [0.05, 0.1) is 0 Å². The molecule has 0 rings (SSSR count). The maximum Gasteiger partial charge on any atom is -0.00676 e. The summed E-state index contributed by atoms with van der Waals surface area (Å²) in [5, 5.41) is 0. The fourth-order valence-corrected chi connectivity index (χ4v) is 3.62. The molecule has 1 atom stereocenters. The van der Waals surface area contributed by atoms with E-state index >= 15 is 0 Å². The van der Waals surface area contributed by atoms with Crippen LogP contribution in [0.4, 0.5) is 0 Å². The average molecular weight is 305 g/mol. The minimum Gasteiger partial charge on any atom is -0.165 e. The first-order valence-electron chi connectivity index (χ1n) is 8.38. The quantitative estimate of drug-likeness (QED) is 0.311. The monoisotopic (exact) mass is 304 g/mol. The van der Waals surface area contributed by atoms with E-state index in [0.29, 0.717) is 0 Å². The lowest BCUT2D eigenvalue weighted by Crippen LogP contribution is -1.95. The molecule has 0 spiro atoms. The van der Waals surface area contributed by atoms with Crippen LogP contribution in [-0.2, 0) is 0 Å². The zero-order valence-electron chi connectivity index (χ0n) is 13.6. The van der Waals surface area contributed by atoms with Crippen molar-refractivity contribution in [2.75, 3.05) is 23.5 Å². The molecule has 0 saturated carbocycles. The third-order valence-electron chi connectivity index (χ3n) is 3.74. The summed E-state index contributed by atoms with van der Waals surface area (Å²) >= 11 is 4.08. The average Bonchev–Trinajstić information content (AvgIpc) is 2.41. The van der Waals surface area contributed by atoms with E-state index in [2.05, 4.69) is 31.9 Å². The minimum absolute atomic E-state index is 0.963. The van der Waals surface area contributed by atoms with Crippen LogP contribution in [0, 0.1) is 5.92 Å². The highest BCUT2D eigenvalue weighted by molar-refractivity contribution is 7.99. The van der Waals surface area contributed by atoms with Crippen LogP contribution in [0.1, 0.15) is 78.1 Å². The van der Waals surface area contributed by atoms with Crippen LogP contribution in [0.3, 0.4) is 0 Å². The smallest absolute Gasteiger partial charge is 0.00676 e. The van der Waals surface area contributed by atoms with Gasteiger partial charge in [-0.15, -0.1) is 0 Å². The first-order valence-corrected chi connectivity index (χ1v) is 10.9. The molecule has 0 radical (unpaired) electrons. The van der Waals surface area contributed by atoms with Gasteiger partial charge in [0.2, 0.25) is 0 Å². The van der Waals surface area contributed by atoms with E-state index in [1.165, 1.54) is 81.5 Å². The third kappa shape index (κ3) is 16.6. The molecule has 0 fully saturated rings. The largest absolute Gasteiger partial charge is 0.165 e. The molecule has 0 nitrogen and oxygen atoms in total. The predicted octanol–water partition coefficient (Wildman–Crippen LogP) is 6.64. The zero-order valence-corrected chi connectivity index (χ0v) is 15.2. The summed E-state index contributed by atoms with van der Waals surface area (Å²) in [4.78, 5) is 0. The molecular weight excluding hydrogens is 268 g/mol. The van der Waals surface area contributed by atoms with Gasteiger partial charge in [0, 0.05) is 0 Å². The van der Waals surface area contributed by atoms with Crippen LogP contribution in [0.25, 0.3) is 0 Å². The van der Waals surface area contributed by atoms with Gasteiger partial charge in [-0.2, -0.15) is 23.5 Å². The second-order valence-electron chi connectivity index (χ2n) is 5.70. The fraction of sp³-hybridized carbons (Fsp3) is 1.00. The maximum atomic E-state index is 2.45. The number of rotatable bonds is 15. The molecular formula is C17H36S2. The van der Waals surface area contributed by atoms with E-state index < -0.39 is 0 Å². The molecule has 0 aliphatic heterocycles. The van der Waals surface area contributed by atoms with Gasteiger partial charge >= 0.3 is 0 Å². The van der Waals surface area contributed by atoms with Gasteiger partial charge in [-0.25, -0.2) is 0 Å². The molecule has 1 unspecified atom stereocenters. The van der Waals surface area contributed by atoms with E-state index in [1.807, 2.05) is 11.8 Å². The molecule has 0 heterocycles. The SMILES string of the molecule is CCSCCCCCCCC(C)CCCCCSC. The summed E-state index contributed by atoms with van der Waals surface area (Å²) in [6, 6.07) is 0. The molecule has 0 aliphatic rings. The second-order valence-corrected chi connectivity index (χ2v) is 8.08. The molecule has 19 heavy (non-hydrogen) atoms. The van der Waals surface area contributed by atoms with Gasteiger partial charge in [-0.3, -0.25) is 0 Å². The molecule has 0 aliphatic carbocycles. The Morgan fingerprint density at radius 3 is 1.89 bits per heavy atom. The lowest BCUT2D eigenvalue weighted by molar-refractivity contribution is 0.438. The predicted molar refractivity (Wildman–Crippen MR) is 96.7 cm³/mol. The Labute approximate surface area is 131 Å². The van der Waals surface area contributed by atoms with E-state index in [9.17, 15) is 0 Å². The highest BCUT2D eigenvalue weighted by Gasteiger charge is 2.01. The highest BCUT2D eigenvalue weighted by Crippen LogP contribution is 2.18. The number of hydrogen-bond acceptors (Lipinski definition) is 2. The van der Waals surface area contributed by atoms with Crippen LogP contribution < -0.4 is 0 Å². The molecule has 0 aromatic carbocycles. The molecule has 116 valence electrons. The summed E-state index contributed by atoms with van der Waals surface area (Å²) in [5.74, 6) is 4.98. The Morgan fingerprint density at radius 1 is 0.737 bits per heavy atom. The fourth-order valence-electron chi connectivity index (χ4n) is 2.43. The van der Waals surface area contributed by atoms with Crippen molar-refractivity contribution >= 4 is 23.5 Å². The highest BCUT2D eigenvalue weighted by atomic mass is 32.2. The standard InChI is InChI=1S/C17H36S2/c1-4-19-16-12-7-5-6-9-13-17(2)14-10-8-11-15-18-3/h17H,4-16H2,1-3H3. The van der Waals surface area contributed by atoms with Crippen molar-refractivity contribution in [1.29, 1.82) is 0 Å². The van der Waals surface area contributed by atoms with Gasteiger partial charge in [0.1, 0.15) is 0 Å². The normalized spacial score (nSPS) is 12.8. The molecule has 0 amide bonds. The van der Waals surface area contributed by atoms with Crippen LogP contribution in [0.15, 0.2) is 0 Å². The second kappa shape index (κ2) is 16.8. The Hall–Kier alpha value is 0.700. The Kier molecular flexibility index (Phi) is 17.4. The molecule has 0 N–H and O–H groups in total. The first kappa shape index (κ1) is 19.7. The zero-order chi connectivity index (χ0) is 14.2. The summed E-state index contributed by atoms with van der Waals surface area (Å²) in [7, 11) is 0. The molecule has 0 saturated heterocycles. The topological polar surface area (TPSA) is 0 Å². The van der Waals surface area contributed by atoms with Gasteiger partial charge < -0.3 is 0 Å². The Bertz CT molecular complexity index is 159. The maximum absolute atomic E-state index is 2.45. The molecule has 0 bridgehead atoms. The lowest BCUT2D eigenvalue weighted by atomic mass is 9.96. The van der Waals surface area contributed by atoms with Crippen molar-refractivity contribution in [2.45, 2.75) is 78.1 Å². The van der Waals surface area contributed by atoms with Gasteiger partial charge in [0.15, 0.2) is 0 Å². The van der Waals surface area contributed by atoms with Gasteiger partial charge in [-0.1, -0.05) is 65.2 Å². The molecule has 2 heteroatoms. The Morgan fingerprint density at radius 2 is 1.26 bits per heavy atom. The number of hydrogen-bond donors (Lipinski definition) is 0. The van der Waals surface area contributed by atoms with Crippen LogP contribution in [0.5, 0.6) is 0 Å². The summed E-state index contributed by atoms with van der Waals surface area (Å²) in [5.41, 5.74) is 0. The summed E-state index contributed by atoms with van der Waals surface area (Å²) < 4.78 is 0. The Balaban J connectivity index is 3.09. The van der Waals surface area contributed by atoms with Crippen molar-refractivity contribution in [3.05, 3.63) is 0 Å². The van der Waals surface area contributed by atoms with E-state index in [4.69, 9.17) is 0 Å². The van der Waals surface area contributed by atoms with E-state index in [1.54, 1.807) is 0 Å². The summed E-state index contributed by atoms with van der Waals surface area (Å²) in [6.07, 6.45) is 16.7. The van der Waals surface area contributed by atoms with Crippen molar-refractivity contribution < 1.29 is 0 Å². The summed E-state index contributed by atoms with van der Waals surface area (Å²) in [6.45, 7) is 4.71. The third-order valence-corrected chi connectivity index (χ3v) is 5.42. The molecule has 0 aromatic rings. The van der Waals surface area contributed by atoms with Crippen LogP contribution >= 0.6 is 23.5 Å². The van der Waals surface area contributed by atoms with Crippen LogP contribution in [-0.4, -0.2) is 23.5 Å². The van der Waals surface area contributed by atoms with Crippen molar-refractivity contribution in [3.8, 4) is 0 Å². The number of thioether (sulfide) groups is 2. The van der Waals surface area contributed by atoms with E-state index in [-0.39, 0.29) is 0 Å². The van der Waals surface area contributed by atoms with Crippen molar-refractivity contribution in [3.63, 3.8) is 0 Å². The van der Waals surface area contributed by atoms with Crippen molar-refractivity contribution in [2.24, 2.45) is 5.92 Å². The van der Waals surface area contributed by atoms with Crippen LogP contribution in [0.2, 0.25) is 0 Å². The van der Waals surface area contributed by atoms with E-state index in [0.717, 1.165) is 5.92 Å². The molecule has 0 aromatic heterocycles. The first-order chi connectivity index (χ1) is 9.31. The minimum atomic E-state index is 0.963. The lowest BCUT2D eigenvalue weighted by Gasteiger charge is -2.10. The number of unbranched alkanes of at least 4 members (excludes halogenated alkanes) is 6.